The van der Waals surface area contributed by atoms with Crippen LogP contribution in [-0.4, -0.2) is 28.5 Å². The molecule has 0 aliphatic rings. The van der Waals surface area contributed by atoms with Crippen molar-refractivity contribution in [3.63, 3.8) is 0 Å². The SMILES string of the molecule is COc1ccc(N(C)S(=O)(=O)c2ccsc2C(=O)Nc2cccc(Br)c2)cc1. The van der Waals surface area contributed by atoms with Crippen LogP contribution in [0.2, 0.25) is 0 Å². The summed E-state index contributed by atoms with van der Waals surface area (Å²) in [6, 6.07) is 15.2. The van der Waals surface area contributed by atoms with E-state index in [0.717, 1.165) is 20.1 Å². The van der Waals surface area contributed by atoms with Crippen LogP contribution in [0.1, 0.15) is 9.67 Å². The van der Waals surface area contributed by atoms with E-state index in [-0.39, 0.29) is 9.77 Å². The molecule has 0 fully saturated rings. The van der Waals surface area contributed by atoms with Gasteiger partial charge in [-0.15, -0.1) is 11.3 Å². The molecule has 0 bridgehead atoms. The Morgan fingerprint density at radius 1 is 1.14 bits per heavy atom. The number of nitrogens with one attached hydrogen (secondary N) is 1. The summed E-state index contributed by atoms with van der Waals surface area (Å²) in [5.74, 6) is 0.147. The molecule has 3 rings (SSSR count). The lowest BCUT2D eigenvalue weighted by Gasteiger charge is -2.20. The molecule has 1 amide bonds. The zero-order valence-corrected chi connectivity index (χ0v) is 18.3. The predicted molar refractivity (Wildman–Crippen MR) is 115 cm³/mol. The van der Waals surface area contributed by atoms with Gasteiger partial charge in [0.05, 0.1) is 12.8 Å². The lowest BCUT2D eigenvalue weighted by Crippen LogP contribution is -2.28. The molecule has 28 heavy (non-hydrogen) atoms. The van der Waals surface area contributed by atoms with Crippen molar-refractivity contribution in [2.45, 2.75) is 4.90 Å². The summed E-state index contributed by atoms with van der Waals surface area (Å²) in [4.78, 5) is 12.8. The van der Waals surface area contributed by atoms with E-state index >= 15 is 0 Å². The molecule has 146 valence electrons. The zero-order chi connectivity index (χ0) is 20.3. The van der Waals surface area contributed by atoms with E-state index in [1.54, 1.807) is 47.8 Å². The minimum absolute atomic E-state index is 0.0386. The lowest BCUT2D eigenvalue weighted by molar-refractivity contribution is 0.102. The van der Waals surface area contributed by atoms with Crippen LogP contribution in [-0.2, 0) is 10.0 Å². The Labute approximate surface area is 175 Å². The van der Waals surface area contributed by atoms with Crippen LogP contribution in [0, 0.1) is 0 Å². The summed E-state index contributed by atoms with van der Waals surface area (Å²) < 4.78 is 33.2. The van der Waals surface area contributed by atoms with Crippen molar-refractivity contribution < 1.29 is 17.9 Å². The van der Waals surface area contributed by atoms with Gasteiger partial charge in [-0.1, -0.05) is 22.0 Å². The highest BCUT2D eigenvalue weighted by Crippen LogP contribution is 2.29. The van der Waals surface area contributed by atoms with Crippen molar-refractivity contribution in [2.24, 2.45) is 0 Å². The summed E-state index contributed by atoms with van der Waals surface area (Å²) in [6.07, 6.45) is 0. The Morgan fingerprint density at radius 2 is 1.86 bits per heavy atom. The number of thiophene rings is 1. The topological polar surface area (TPSA) is 75.7 Å². The third kappa shape index (κ3) is 4.21. The van der Waals surface area contributed by atoms with E-state index in [2.05, 4.69) is 21.2 Å². The van der Waals surface area contributed by atoms with Crippen molar-refractivity contribution in [2.75, 3.05) is 23.8 Å². The average Bonchev–Trinajstić information content (AvgIpc) is 3.18. The number of anilines is 2. The molecule has 0 spiro atoms. The fourth-order valence-electron chi connectivity index (χ4n) is 2.50. The number of hydrogen-bond donors (Lipinski definition) is 1. The highest BCUT2D eigenvalue weighted by atomic mass is 79.9. The molecule has 0 saturated carbocycles. The second-order valence-electron chi connectivity index (χ2n) is 5.75. The van der Waals surface area contributed by atoms with Crippen molar-refractivity contribution >= 4 is 54.6 Å². The molecule has 3 aromatic rings. The molecule has 0 saturated heterocycles. The molecule has 0 aliphatic heterocycles. The number of benzene rings is 2. The zero-order valence-electron chi connectivity index (χ0n) is 15.0. The molecule has 0 radical (unpaired) electrons. The quantitative estimate of drug-likeness (QED) is 0.559. The average molecular weight is 481 g/mol. The monoisotopic (exact) mass is 480 g/mol. The van der Waals surface area contributed by atoms with E-state index < -0.39 is 15.9 Å². The third-order valence-electron chi connectivity index (χ3n) is 3.99. The molecule has 9 heteroatoms. The Hall–Kier alpha value is -2.36. The predicted octanol–water partition coefficient (Wildman–Crippen LogP) is 4.60. The Kier molecular flexibility index (Phi) is 6.07. The molecule has 0 atom stereocenters. The van der Waals surface area contributed by atoms with Gasteiger partial charge in [0.25, 0.3) is 15.9 Å². The van der Waals surface area contributed by atoms with Gasteiger partial charge in [-0.25, -0.2) is 8.42 Å². The van der Waals surface area contributed by atoms with Gasteiger partial charge in [0.2, 0.25) is 0 Å². The molecule has 1 aromatic heterocycles. The molecule has 1 heterocycles. The summed E-state index contributed by atoms with van der Waals surface area (Å²) >= 11 is 4.42. The highest BCUT2D eigenvalue weighted by Gasteiger charge is 2.28. The number of rotatable bonds is 6. The number of sulfonamides is 1. The maximum absolute atomic E-state index is 13.1. The van der Waals surface area contributed by atoms with Gasteiger partial charge in [-0.05, 0) is 53.9 Å². The first-order chi connectivity index (χ1) is 13.3. The van der Waals surface area contributed by atoms with Crippen molar-refractivity contribution in [1.29, 1.82) is 0 Å². The van der Waals surface area contributed by atoms with Crippen molar-refractivity contribution in [3.05, 3.63) is 69.3 Å². The maximum atomic E-state index is 13.1. The Bertz CT molecular complexity index is 1100. The number of nitrogens with zero attached hydrogens (tertiary/aromatic N) is 1. The van der Waals surface area contributed by atoms with Crippen LogP contribution in [0.25, 0.3) is 0 Å². The van der Waals surface area contributed by atoms with E-state index in [1.165, 1.54) is 20.2 Å². The van der Waals surface area contributed by atoms with Crippen LogP contribution in [0.4, 0.5) is 11.4 Å². The number of carbonyl (C=O) groups is 1. The number of amides is 1. The van der Waals surface area contributed by atoms with E-state index in [4.69, 9.17) is 4.74 Å². The molecule has 2 aromatic carbocycles. The van der Waals surface area contributed by atoms with Gasteiger partial charge < -0.3 is 10.1 Å². The number of carbonyl (C=O) groups excluding carboxylic acids is 1. The first kappa shape index (κ1) is 20.4. The van der Waals surface area contributed by atoms with Gasteiger partial charge in [-0.2, -0.15) is 0 Å². The van der Waals surface area contributed by atoms with Crippen molar-refractivity contribution in [1.82, 2.24) is 0 Å². The van der Waals surface area contributed by atoms with Gasteiger partial charge in [0, 0.05) is 17.2 Å². The highest BCUT2D eigenvalue weighted by molar-refractivity contribution is 9.10. The standard InChI is InChI=1S/C19H17BrN2O4S2/c1-22(15-6-8-16(26-2)9-7-15)28(24,25)17-10-11-27-18(17)19(23)21-14-5-3-4-13(20)12-14/h3-12H,1-2H3,(H,21,23). The molecular weight excluding hydrogens is 464 g/mol. The summed E-state index contributed by atoms with van der Waals surface area (Å²) in [7, 11) is -0.924. The Morgan fingerprint density at radius 3 is 2.50 bits per heavy atom. The molecule has 6 nitrogen and oxygen atoms in total. The molecule has 0 aliphatic carbocycles. The van der Waals surface area contributed by atoms with Gasteiger partial charge in [-0.3, -0.25) is 9.10 Å². The molecular formula is C19H17BrN2O4S2. The minimum Gasteiger partial charge on any atom is -0.497 e. The van der Waals surface area contributed by atoms with Gasteiger partial charge >= 0.3 is 0 Å². The third-order valence-corrected chi connectivity index (χ3v) is 7.36. The van der Waals surface area contributed by atoms with Crippen LogP contribution in [0.3, 0.4) is 0 Å². The summed E-state index contributed by atoms with van der Waals surface area (Å²) in [6.45, 7) is 0. The smallest absolute Gasteiger partial charge is 0.267 e. The summed E-state index contributed by atoms with van der Waals surface area (Å²) in [5, 5.41) is 4.32. The lowest BCUT2D eigenvalue weighted by atomic mass is 10.3. The van der Waals surface area contributed by atoms with E-state index in [0.29, 0.717) is 17.1 Å². The number of ether oxygens (including phenoxy) is 1. The largest absolute Gasteiger partial charge is 0.497 e. The van der Waals surface area contributed by atoms with Gasteiger partial charge in [0.15, 0.2) is 0 Å². The van der Waals surface area contributed by atoms with Crippen LogP contribution < -0.4 is 14.4 Å². The number of halogens is 1. The number of hydrogen-bond acceptors (Lipinski definition) is 5. The van der Waals surface area contributed by atoms with Crippen molar-refractivity contribution in [3.8, 4) is 5.75 Å². The summed E-state index contributed by atoms with van der Waals surface area (Å²) in [5.41, 5.74) is 1.03. The first-order valence-corrected chi connectivity index (χ1v) is 11.2. The second kappa shape index (κ2) is 8.34. The maximum Gasteiger partial charge on any atom is 0.267 e. The van der Waals surface area contributed by atoms with Crippen LogP contribution >= 0.6 is 27.3 Å². The molecule has 0 unspecified atom stereocenters. The van der Waals surface area contributed by atoms with E-state index in [9.17, 15) is 13.2 Å². The van der Waals surface area contributed by atoms with Crippen LogP contribution in [0.15, 0.2) is 69.3 Å². The van der Waals surface area contributed by atoms with Crippen LogP contribution in [0.5, 0.6) is 5.75 Å². The minimum atomic E-state index is -3.91. The number of methoxy groups -OCH3 is 1. The van der Waals surface area contributed by atoms with E-state index in [1.807, 2.05) is 6.07 Å². The first-order valence-electron chi connectivity index (χ1n) is 8.10. The Balaban J connectivity index is 1.89. The fraction of sp³-hybridized carbons (Fsp3) is 0.105. The normalized spacial score (nSPS) is 11.1. The second-order valence-corrected chi connectivity index (χ2v) is 9.52. The van der Waals surface area contributed by atoms with Gasteiger partial charge in [0.1, 0.15) is 15.5 Å². The molecule has 1 N–H and O–H groups in total. The fourth-order valence-corrected chi connectivity index (χ4v) is 5.39.